The fourth-order valence-electron chi connectivity index (χ4n) is 0. The van der Waals surface area contributed by atoms with Gasteiger partial charge in [0.2, 0.25) is 0 Å². The molecule has 0 unspecified atom stereocenters. The minimum absolute atomic E-state index is 0. The van der Waals surface area contributed by atoms with Crippen LogP contribution in [0, 0.1) is 59.6 Å². The molecule has 0 N–H and O–H groups in total. The zero-order valence-electron chi connectivity index (χ0n) is 13.0. The Morgan fingerprint density at radius 1 is 0.438 bits per heavy atom. The third-order valence-corrected chi connectivity index (χ3v) is 0. The van der Waals surface area contributed by atoms with Gasteiger partial charge in [-0.05, 0) is 0 Å². The minimum atomic E-state index is -0.861. The third-order valence-electron chi connectivity index (χ3n) is 0. The van der Waals surface area contributed by atoms with Crippen LogP contribution >= 0.6 is 0 Å². The molecule has 0 aliphatic heterocycles. The summed E-state index contributed by atoms with van der Waals surface area (Å²) in [4.78, 5) is 0. The molecule has 0 fully saturated rings. The van der Waals surface area contributed by atoms with Crippen LogP contribution in [0.1, 0.15) is 0 Å². The van der Waals surface area contributed by atoms with E-state index >= 15 is 0 Å². The molecule has 0 rings (SSSR count). The van der Waals surface area contributed by atoms with Crippen molar-refractivity contribution >= 4 is 24.2 Å². The van der Waals surface area contributed by atoms with Crippen LogP contribution in [-0.4, -0.2) is 24.2 Å². The quantitative estimate of drug-likeness (QED) is 0.379. The zero-order chi connectivity index (χ0) is 13.5. The van der Waals surface area contributed by atoms with Gasteiger partial charge in [-0.15, -0.1) is 24.2 Å². The zero-order valence-corrected chi connectivity index (χ0v) is 18.2. The van der Waals surface area contributed by atoms with Gasteiger partial charge in [0.25, 0.3) is 0 Å². The second-order valence-electron chi connectivity index (χ2n) is 7.68. The first kappa shape index (κ1) is 26.5. The fraction of sp³-hybridized carbons (Fsp3) is 0.750. The van der Waals surface area contributed by atoms with E-state index < -0.39 is 24.2 Å². The maximum absolute atomic E-state index is 3.91. The molecule has 0 spiro atoms. The Kier molecular flexibility index (Phi) is 18.0. The summed E-state index contributed by atoms with van der Waals surface area (Å²) >= 11 is 0. The Labute approximate surface area is 141 Å². The fourth-order valence-corrected chi connectivity index (χ4v) is 0. The van der Waals surface area contributed by atoms with Gasteiger partial charge in [0, 0.05) is 0 Å². The second kappa shape index (κ2) is 10.9. The average Bonchev–Trinajstić information content (AvgIpc) is 1.41. The molecular formula is C12H33GdSi3. The van der Waals surface area contributed by atoms with Crippen molar-refractivity contribution in [2.24, 2.45) is 0 Å². The first-order chi connectivity index (χ1) is 6.00. The van der Waals surface area contributed by atoms with E-state index in [2.05, 4.69) is 78.6 Å². The monoisotopic (exact) mass is 419 g/mol. The summed E-state index contributed by atoms with van der Waals surface area (Å²) in [5, 5.41) is 0. The smallest absolute Gasteiger partial charge is 0.342 e. The van der Waals surface area contributed by atoms with Gasteiger partial charge in [0.05, 0.1) is 0 Å². The molecule has 101 valence electrons. The van der Waals surface area contributed by atoms with Gasteiger partial charge in [0.1, 0.15) is 0 Å². The molecule has 16 heavy (non-hydrogen) atoms. The predicted octanol–water partition coefficient (Wildman–Crippen LogP) is 5.09. The van der Waals surface area contributed by atoms with E-state index in [0.717, 1.165) is 0 Å². The number of hydrogen-bond acceptors (Lipinski definition) is 0. The summed E-state index contributed by atoms with van der Waals surface area (Å²) < 4.78 is 0. The molecule has 0 aliphatic carbocycles. The van der Waals surface area contributed by atoms with E-state index in [4.69, 9.17) is 0 Å². The van der Waals surface area contributed by atoms with Crippen molar-refractivity contribution in [2.75, 3.05) is 0 Å². The first-order valence-corrected chi connectivity index (χ1v) is 16.7. The Bertz CT molecular complexity index is 91.3. The molecule has 0 aromatic heterocycles. The molecule has 0 nitrogen and oxygen atoms in total. The van der Waals surface area contributed by atoms with Crippen molar-refractivity contribution < 1.29 is 39.9 Å². The van der Waals surface area contributed by atoms with Crippen molar-refractivity contribution in [1.82, 2.24) is 0 Å². The number of hydrogen-bond donors (Lipinski definition) is 0. The molecule has 0 aromatic carbocycles. The number of rotatable bonds is 0. The Morgan fingerprint density at radius 3 is 0.438 bits per heavy atom. The van der Waals surface area contributed by atoms with Crippen molar-refractivity contribution in [3.05, 3.63) is 19.6 Å². The van der Waals surface area contributed by atoms with Gasteiger partial charge in [-0.3, -0.25) is 0 Å². The van der Waals surface area contributed by atoms with Crippen molar-refractivity contribution in [2.45, 2.75) is 58.9 Å². The van der Waals surface area contributed by atoms with Gasteiger partial charge >= 0.3 is 39.9 Å². The van der Waals surface area contributed by atoms with Gasteiger partial charge in [0.15, 0.2) is 0 Å². The van der Waals surface area contributed by atoms with Crippen LogP contribution in [0.3, 0.4) is 0 Å². The summed E-state index contributed by atoms with van der Waals surface area (Å²) in [6, 6.07) is 0. The van der Waals surface area contributed by atoms with E-state index in [9.17, 15) is 0 Å². The van der Waals surface area contributed by atoms with Gasteiger partial charge < -0.3 is 19.6 Å². The van der Waals surface area contributed by atoms with E-state index in [1.807, 2.05) is 0 Å². The Hall–Kier alpha value is 1.98. The van der Waals surface area contributed by atoms with Crippen LogP contribution < -0.4 is 0 Å². The molecule has 4 heteroatoms. The predicted molar refractivity (Wildman–Crippen MR) is 86.1 cm³/mol. The van der Waals surface area contributed by atoms with Gasteiger partial charge in [-0.25, -0.2) is 0 Å². The molecule has 1 radical (unpaired) electrons. The molecule has 0 saturated carbocycles. The summed E-state index contributed by atoms with van der Waals surface area (Å²) in [7, 11) is -2.58. The van der Waals surface area contributed by atoms with E-state index in [-0.39, 0.29) is 39.9 Å². The SMILES string of the molecule is [CH2-][Si](C)(C)C.[CH2-][Si](C)(C)C.[CH2-][Si](C)(C)C.[Gd+3]. The van der Waals surface area contributed by atoms with Gasteiger partial charge in [-0.1, -0.05) is 58.9 Å². The molecule has 0 aromatic rings. The van der Waals surface area contributed by atoms with E-state index in [1.165, 1.54) is 0 Å². The normalized spacial score (nSPS) is 11.2. The molecule has 0 saturated heterocycles. The summed E-state index contributed by atoms with van der Waals surface area (Å²) in [6.45, 7) is 31.7. The van der Waals surface area contributed by atoms with E-state index in [1.54, 1.807) is 0 Å². The molecule has 0 atom stereocenters. The molecule has 0 heterocycles. The third kappa shape index (κ3) is 918. The topological polar surface area (TPSA) is 0 Å². The van der Waals surface area contributed by atoms with Crippen molar-refractivity contribution in [1.29, 1.82) is 0 Å². The van der Waals surface area contributed by atoms with E-state index in [0.29, 0.717) is 0 Å². The minimum Gasteiger partial charge on any atom is -0.342 e. The van der Waals surface area contributed by atoms with Crippen molar-refractivity contribution in [3.8, 4) is 0 Å². The van der Waals surface area contributed by atoms with Crippen molar-refractivity contribution in [3.63, 3.8) is 0 Å². The van der Waals surface area contributed by atoms with Gasteiger partial charge in [-0.2, -0.15) is 0 Å². The van der Waals surface area contributed by atoms with Crippen LogP contribution in [0.2, 0.25) is 58.9 Å². The molecule has 0 aliphatic rings. The largest absolute Gasteiger partial charge is 3.00 e. The Morgan fingerprint density at radius 2 is 0.438 bits per heavy atom. The average molecular weight is 419 g/mol. The van der Waals surface area contributed by atoms with Crippen LogP contribution in [-0.2, 0) is 0 Å². The standard InChI is InChI=1S/3C4H11Si.Gd/c3*1-5(2,3)4;/h3*1H2,2-4H3;/q3*-1;+3. The second-order valence-corrected chi connectivity index (χ2v) is 23.0. The molecule has 0 bridgehead atoms. The van der Waals surface area contributed by atoms with Crippen LogP contribution in [0.5, 0.6) is 0 Å². The maximum Gasteiger partial charge on any atom is 3.00 e. The van der Waals surface area contributed by atoms with Crippen LogP contribution in [0.25, 0.3) is 0 Å². The van der Waals surface area contributed by atoms with Crippen LogP contribution in [0.15, 0.2) is 0 Å². The Balaban J connectivity index is -0.0000000655. The molecule has 0 amide bonds. The summed E-state index contributed by atoms with van der Waals surface area (Å²) in [5.41, 5.74) is 0. The first-order valence-electron chi connectivity index (χ1n) is 5.56. The van der Waals surface area contributed by atoms with Crippen LogP contribution in [0.4, 0.5) is 0 Å². The summed E-state index contributed by atoms with van der Waals surface area (Å²) in [6.07, 6.45) is 0. The maximum atomic E-state index is 3.91. The molecular weight excluding hydrogens is 386 g/mol. The summed E-state index contributed by atoms with van der Waals surface area (Å²) in [5.74, 6) is 0.